The normalized spacial score (nSPS) is 33.9. The molecule has 0 bridgehead atoms. The van der Waals surface area contributed by atoms with E-state index in [0.717, 1.165) is 31.6 Å². The Morgan fingerprint density at radius 3 is 3.00 bits per heavy atom. The summed E-state index contributed by atoms with van der Waals surface area (Å²) in [5.41, 5.74) is 0. The van der Waals surface area contributed by atoms with E-state index in [2.05, 4.69) is 15.2 Å². The number of hydrogen-bond acceptors (Lipinski definition) is 4. The Balaban J connectivity index is 1.33. The zero-order chi connectivity index (χ0) is 13.4. The lowest BCUT2D eigenvalue weighted by Crippen LogP contribution is -2.40. The third-order valence-corrected chi connectivity index (χ3v) is 5.27. The highest BCUT2D eigenvalue weighted by Crippen LogP contribution is 2.37. The van der Waals surface area contributed by atoms with E-state index < -0.39 is 0 Å². The van der Waals surface area contributed by atoms with Crippen LogP contribution < -0.4 is 5.32 Å². The number of nitrogens with one attached hydrogen (secondary N) is 1. The molecule has 0 unspecified atom stereocenters. The molecular formula is C16H23N3O. The van der Waals surface area contributed by atoms with Gasteiger partial charge in [0.25, 0.3) is 0 Å². The molecule has 0 amide bonds. The van der Waals surface area contributed by atoms with Crippen LogP contribution in [0.5, 0.6) is 0 Å². The molecule has 1 aromatic heterocycles. The monoisotopic (exact) mass is 273 g/mol. The number of rotatable bonds is 4. The van der Waals surface area contributed by atoms with E-state index in [1.807, 2.05) is 24.4 Å². The summed E-state index contributed by atoms with van der Waals surface area (Å²) < 4.78 is 6.02. The van der Waals surface area contributed by atoms with Crippen LogP contribution in [0.3, 0.4) is 0 Å². The van der Waals surface area contributed by atoms with Crippen molar-refractivity contribution in [3.63, 3.8) is 0 Å². The summed E-state index contributed by atoms with van der Waals surface area (Å²) in [4.78, 5) is 7.00. The van der Waals surface area contributed by atoms with Crippen molar-refractivity contribution in [2.45, 2.75) is 31.4 Å². The van der Waals surface area contributed by atoms with Crippen molar-refractivity contribution in [3.8, 4) is 0 Å². The van der Waals surface area contributed by atoms with E-state index in [1.165, 1.54) is 25.8 Å². The highest BCUT2D eigenvalue weighted by atomic mass is 16.5. The maximum absolute atomic E-state index is 6.02. The number of aromatic nitrogens is 1. The maximum atomic E-state index is 6.02. The lowest BCUT2D eigenvalue weighted by Gasteiger charge is -2.35. The summed E-state index contributed by atoms with van der Waals surface area (Å²) in [7, 11) is 0. The molecule has 0 spiro atoms. The molecule has 108 valence electrons. The summed E-state index contributed by atoms with van der Waals surface area (Å²) in [6, 6.07) is 6.86. The van der Waals surface area contributed by atoms with Crippen molar-refractivity contribution in [1.82, 2.24) is 9.88 Å². The number of anilines is 1. The Labute approximate surface area is 120 Å². The highest BCUT2D eigenvalue weighted by molar-refractivity contribution is 5.33. The summed E-state index contributed by atoms with van der Waals surface area (Å²) in [5.74, 6) is 2.32. The highest BCUT2D eigenvalue weighted by Gasteiger charge is 2.45. The van der Waals surface area contributed by atoms with E-state index in [4.69, 9.17) is 4.74 Å². The van der Waals surface area contributed by atoms with Gasteiger partial charge in [0.05, 0.1) is 12.7 Å². The first kappa shape index (κ1) is 12.6. The average Bonchev–Trinajstić information content (AvgIpc) is 2.96. The zero-order valence-corrected chi connectivity index (χ0v) is 11.9. The molecule has 0 radical (unpaired) electrons. The minimum Gasteiger partial charge on any atom is -0.376 e. The first-order valence-electron chi connectivity index (χ1n) is 7.91. The van der Waals surface area contributed by atoms with Crippen molar-refractivity contribution >= 4 is 5.82 Å². The van der Waals surface area contributed by atoms with Crippen LogP contribution in [0.1, 0.15) is 19.3 Å². The molecule has 4 heteroatoms. The van der Waals surface area contributed by atoms with E-state index in [9.17, 15) is 0 Å². The van der Waals surface area contributed by atoms with Gasteiger partial charge in [-0.1, -0.05) is 12.5 Å². The van der Waals surface area contributed by atoms with Gasteiger partial charge in [0, 0.05) is 43.7 Å². The van der Waals surface area contributed by atoms with Crippen molar-refractivity contribution in [1.29, 1.82) is 0 Å². The summed E-state index contributed by atoms with van der Waals surface area (Å²) in [5, 5.41) is 3.46. The largest absolute Gasteiger partial charge is 0.376 e. The van der Waals surface area contributed by atoms with Crippen LogP contribution in [0.2, 0.25) is 0 Å². The smallest absolute Gasteiger partial charge is 0.125 e. The fourth-order valence-corrected chi connectivity index (χ4v) is 3.79. The van der Waals surface area contributed by atoms with Crippen molar-refractivity contribution < 1.29 is 4.74 Å². The van der Waals surface area contributed by atoms with E-state index in [-0.39, 0.29) is 0 Å². The third-order valence-electron chi connectivity index (χ3n) is 5.27. The van der Waals surface area contributed by atoms with Gasteiger partial charge >= 0.3 is 0 Å². The topological polar surface area (TPSA) is 37.4 Å². The quantitative estimate of drug-likeness (QED) is 0.910. The number of pyridine rings is 1. The van der Waals surface area contributed by atoms with Crippen LogP contribution in [0, 0.1) is 11.8 Å². The van der Waals surface area contributed by atoms with E-state index in [0.29, 0.717) is 17.9 Å². The lowest BCUT2D eigenvalue weighted by molar-refractivity contribution is 0.0740. The van der Waals surface area contributed by atoms with Crippen LogP contribution in [0.4, 0.5) is 5.82 Å². The molecule has 0 aromatic carbocycles. The number of fused-ring (bicyclic) bond motifs is 1. The molecule has 20 heavy (non-hydrogen) atoms. The third kappa shape index (κ3) is 2.31. The Morgan fingerprint density at radius 2 is 2.25 bits per heavy atom. The molecule has 2 aliphatic heterocycles. The summed E-state index contributed by atoms with van der Waals surface area (Å²) >= 11 is 0. The lowest BCUT2D eigenvalue weighted by atomic mass is 9.91. The molecule has 3 aliphatic rings. The van der Waals surface area contributed by atoms with Crippen molar-refractivity contribution in [2.24, 2.45) is 11.8 Å². The zero-order valence-electron chi connectivity index (χ0n) is 11.9. The maximum Gasteiger partial charge on any atom is 0.125 e. The molecule has 4 nitrogen and oxygen atoms in total. The fraction of sp³-hybridized carbons (Fsp3) is 0.688. The molecule has 3 heterocycles. The van der Waals surface area contributed by atoms with Gasteiger partial charge in [0.15, 0.2) is 0 Å². The minimum atomic E-state index is 0.478. The second-order valence-corrected chi connectivity index (χ2v) is 6.43. The molecule has 1 aromatic rings. The van der Waals surface area contributed by atoms with Crippen molar-refractivity contribution in [3.05, 3.63) is 24.4 Å². The van der Waals surface area contributed by atoms with Crippen LogP contribution in [0.15, 0.2) is 24.4 Å². The van der Waals surface area contributed by atoms with E-state index >= 15 is 0 Å². The van der Waals surface area contributed by atoms with Gasteiger partial charge in [-0.3, -0.25) is 4.90 Å². The Morgan fingerprint density at radius 1 is 1.30 bits per heavy atom. The number of ether oxygens (including phenoxy) is 1. The number of nitrogens with zero attached hydrogens (tertiary/aromatic N) is 2. The van der Waals surface area contributed by atoms with Gasteiger partial charge in [-0.05, 0) is 25.0 Å². The van der Waals surface area contributed by atoms with Crippen LogP contribution in [-0.2, 0) is 4.74 Å². The second kappa shape index (κ2) is 5.34. The summed E-state index contributed by atoms with van der Waals surface area (Å²) in [6.07, 6.45) is 6.53. The Kier molecular flexibility index (Phi) is 3.36. The Hall–Kier alpha value is -1.13. The van der Waals surface area contributed by atoms with Crippen LogP contribution in [0.25, 0.3) is 0 Å². The molecule has 1 aliphatic carbocycles. The Bertz CT molecular complexity index is 448. The molecule has 1 N–H and O–H groups in total. The van der Waals surface area contributed by atoms with Gasteiger partial charge in [0.2, 0.25) is 0 Å². The summed E-state index contributed by atoms with van der Waals surface area (Å²) in [6.45, 7) is 4.30. The van der Waals surface area contributed by atoms with Gasteiger partial charge in [-0.25, -0.2) is 4.98 Å². The molecule has 2 saturated heterocycles. The molecule has 3 fully saturated rings. The van der Waals surface area contributed by atoms with Gasteiger partial charge in [0.1, 0.15) is 5.82 Å². The average molecular weight is 273 g/mol. The van der Waals surface area contributed by atoms with Gasteiger partial charge in [-0.2, -0.15) is 0 Å². The predicted octanol–water partition coefficient (Wildman–Crippen LogP) is 1.99. The first-order valence-corrected chi connectivity index (χ1v) is 7.91. The molecule has 1 saturated carbocycles. The molecular weight excluding hydrogens is 250 g/mol. The number of likely N-dealkylation sites (tertiary alicyclic amines) is 1. The number of hydrogen-bond donors (Lipinski definition) is 1. The standard InChI is InChI=1S/C16H23N3O/c1-2-7-17-16(6-1)18-8-12-11-20-15-10-19(9-14(12)15)13-4-3-5-13/h1-2,6-7,12-15H,3-5,8-11H2,(H,17,18)/t12-,14-,15-/m1/s1. The SMILES string of the molecule is c1ccc(NC[C@@H]2CO[C@@H]3CN(C4CCC4)C[C@H]23)nc1. The van der Waals surface area contributed by atoms with Crippen molar-refractivity contribution in [2.75, 3.05) is 31.6 Å². The van der Waals surface area contributed by atoms with E-state index in [1.54, 1.807) is 0 Å². The molecule has 3 atom stereocenters. The van der Waals surface area contributed by atoms with Crippen LogP contribution in [-0.4, -0.2) is 48.3 Å². The minimum absolute atomic E-state index is 0.478. The second-order valence-electron chi connectivity index (χ2n) is 6.43. The van der Waals surface area contributed by atoms with Gasteiger partial charge < -0.3 is 10.1 Å². The van der Waals surface area contributed by atoms with Crippen LogP contribution >= 0.6 is 0 Å². The first-order chi connectivity index (χ1) is 9.90. The van der Waals surface area contributed by atoms with Gasteiger partial charge in [-0.15, -0.1) is 0 Å². The molecule has 4 rings (SSSR count). The predicted molar refractivity (Wildman–Crippen MR) is 78.7 cm³/mol. The fourth-order valence-electron chi connectivity index (χ4n) is 3.79.